The highest BCUT2D eigenvalue weighted by Gasteiger charge is 2.36. The normalized spacial score (nSPS) is 24.2. The predicted octanol–water partition coefficient (Wildman–Crippen LogP) is -2.86. The van der Waals surface area contributed by atoms with E-state index in [1.54, 1.807) is 26.1 Å². The Morgan fingerprint density at radius 1 is 0.735 bits per heavy atom. The van der Waals surface area contributed by atoms with Crippen molar-refractivity contribution in [1.29, 1.82) is 0 Å². The minimum atomic E-state index is -1.42. The minimum absolute atomic E-state index is 0.0352. The lowest BCUT2D eigenvalue weighted by atomic mass is 9.96. The number of carboxylic acids is 1. The van der Waals surface area contributed by atoms with Crippen LogP contribution in [0.2, 0.25) is 0 Å². The highest BCUT2D eigenvalue weighted by Crippen LogP contribution is 2.24. The van der Waals surface area contributed by atoms with E-state index >= 15 is 0 Å². The summed E-state index contributed by atoms with van der Waals surface area (Å²) in [5.41, 5.74) is 12.9. The summed E-state index contributed by atoms with van der Waals surface area (Å²) in [6, 6.07) is 1.37. The molecule has 0 bridgehead atoms. The Hall–Kier alpha value is -8.12. The van der Waals surface area contributed by atoms with Crippen LogP contribution in [0.3, 0.4) is 0 Å². The molecule has 2 aliphatic heterocycles. The van der Waals surface area contributed by atoms with Gasteiger partial charge >= 0.3 is 5.97 Å². The standard InChI is InChI=1S/C53H75N15O13S2/c1-5-27(2)43-51(79)66-37(20-30-14-16-32(69)17-15-30)45(73)60-23-41(70)59-24-42(71)63-39(49(77)62-29(4)52(80)81)25-82-83-26-40(67-46(74)35-12-8-18-56-35)50(78)64-36(13-9-19-57-53(54)55)47(75)61-28(3)44(72)65-38(48(76)68-43)21-31-22-58-34-11-7-6-10-33(31)34/h6-7,10-11,14-17,22,27-29,35-40,43,56,58,69H,5,8-9,12-13,18-21,23-26H2,1-4H3,(H,59,70)(H,60,73)(H,61,75)(H,62,77)(H,63,71)(H,64,78)(H,65,72)(H,66,79)(H,67,74)(H,68,76)(H,80,81)(H4,54,55,57)/t27-,28-,29+,35-,36-,37-,38-,39-,40-,43-/m0/s1. The number of H-pyrrole nitrogens is 1. The van der Waals surface area contributed by atoms with Crippen LogP contribution < -0.4 is 70.0 Å². The van der Waals surface area contributed by atoms with Crippen LogP contribution in [0, 0.1) is 5.92 Å². The molecule has 1 aromatic heterocycles. The maximum Gasteiger partial charge on any atom is 0.325 e. The van der Waals surface area contributed by atoms with Gasteiger partial charge in [-0.05, 0) is 81.3 Å². The van der Waals surface area contributed by atoms with E-state index in [0.29, 0.717) is 36.9 Å². The molecule has 83 heavy (non-hydrogen) atoms. The fourth-order valence-corrected chi connectivity index (χ4v) is 11.0. The average molecular weight is 1190 g/mol. The van der Waals surface area contributed by atoms with E-state index in [1.807, 2.05) is 18.2 Å². The maximum atomic E-state index is 14.7. The summed E-state index contributed by atoms with van der Waals surface area (Å²) in [6.45, 7) is 5.17. The van der Waals surface area contributed by atoms with Crippen molar-refractivity contribution < 1.29 is 63.0 Å². The van der Waals surface area contributed by atoms with Gasteiger partial charge in [0.2, 0.25) is 59.1 Å². The Morgan fingerprint density at radius 3 is 2.08 bits per heavy atom. The molecule has 3 heterocycles. The smallest absolute Gasteiger partial charge is 0.325 e. The second-order valence-electron chi connectivity index (χ2n) is 20.1. The molecule has 452 valence electrons. The molecule has 2 saturated heterocycles. The van der Waals surface area contributed by atoms with Gasteiger partial charge in [0.15, 0.2) is 5.96 Å². The Labute approximate surface area is 486 Å². The van der Waals surface area contributed by atoms with Crippen LogP contribution in [0.4, 0.5) is 0 Å². The van der Waals surface area contributed by atoms with Crippen LogP contribution >= 0.6 is 21.6 Å². The lowest BCUT2D eigenvalue weighted by Gasteiger charge is -2.29. The highest BCUT2D eigenvalue weighted by atomic mass is 33.1. The van der Waals surface area contributed by atoms with Gasteiger partial charge < -0.3 is 85.1 Å². The van der Waals surface area contributed by atoms with E-state index in [1.165, 1.54) is 38.1 Å². The van der Waals surface area contributed by atoms with Gasteiger partial charge in [-0.2, -0.15) is 0 Å². The van der Waals surface area contributed by atoms with Crippen LogP contribution in [0.15, 0.2) is 59.7 Å². The molecule has 10 atom stereocenters. The maximum absolute atomic E-state index is 14.7. The molecule has 10 amide bonds. The van der Waals surface area contributed by atoms with E-state index in [9.17, 15) is 63.0 Å². The number of nitrogens with two attached hydrogens (primary N) is 2. The molecule has 5 rings (SSSR count). The summed E-state index contributed by atoms with van der Waals surface area (Å²) in [5, 5.41) is 49.1. The fourth-order valence-electron chi connectivity index (χ4n) is 8.68. The lowest BCUT2D eigenvalue weighted by Crippen LogP contribution is -2.61. The summed E-state index contributed by atoms with van der Waals surface area (Å²) in [5.74, 6) is -10.9. The molecule has 2 fully saturated rings. The Morgan fingerprint density at radius 2 is 1.40 bits per heavy atom. The Kier molecular flexibility index (Phi) is 25.7. The molecular weight excluding hydrogens is 1120 g/mol. The van der Waals surface area contributed by atoms with Crippen LogP contribution in [0.25, 0.3) is 10.9 Å². The number of aromatic hydroxyl groups is 1. The highest BCUT2D eigenvalue weighted by molar-refractivity contribution is 8.76. The number of carbonyl (C=O) groups excluding carboxylic acids is 10. The van der Waals surface area contributed by atoms with Crippen LogP contribution in [-0.4, -0.2) is 178 Å². The average Bonchev–Trinajstić information content (AvgIpc) is 4.36. The van der Waals surface area contributed by atoms with E-state index in [2.05, 4.69) is 68.5 Å². The second kappa shape index (κ2) is 32.5. The third kappa shape index (κ3) is 21.0. The van der Waals surface area contributed by atoms with E-state index in [4.69, 9.17) is 11.5 Å². The molecule has 3 aromatic rings. The van der Waals surface area contributed by atoms with Gasteiger partial charge in [0.25, 0.3) is 0 Å². The van der Waals surface area contributed by atoms with Crippen molar-refractivity contribution in [3.63, 3.8) is 0 Å². The quantitative estimate of drug-likeness (QED) is 0.0315. The first kappa shape index (κ1) is 65.7. The van der Waals surface area contributed by atoms with Gasteiger partial charge in [-0.3, -0.25) is 57.7 Å². The first-order chi connectivity index (χ1) is 39.5. The summed E-state index contributed by atoms with van der Waals surface area (Å²) in [6.07, 6.45) is 2.94. The van der Waals surface area contributed by atoms with E-state index in [0.717, 1.165) is 32.5 Å². The van der Waals surface area contributed by atoms with Crippen molar-refractivity contribution in [3.8, 4) is 5.75 Å². The number of nitrogens with zero attached hydrogens (tertiary/aromatic N) is 1. The summed E-state index contributed by atoms with van der Waals surface area (Å²) >= 11 is 0. The number of phenolic OH excluding ortho intramolecular Hbond substituents is 1. The SMILES string of the molecule is CC[C@H](C)[C@@H]1NC(=O)[C@H](Cc2c[nH]c3ccccc23)NC(=O)[C@H](C)NC(=O)[C@H](CCCN=C(N)N)NC(=O)[C@@H](NC(=O)[C@@H]2CCCN2)CSSC[C@@H](C(=O)N[C@H](C)C(=O)O)NC(=O)CNC(=O)CNC(=O)[C@H](Cc2ccc(O)cc2)NC1=O. The van der Waals surface area contributed by atoms with Crippen molar-refractivity contribution >= 4 is 103 Å². The van der Waals surface area contributed by atoms with Crippen molar-refractivity contribution in [1.82, 2.24) is 63.5 Å². The van der Waals surface area contributed by atoms with Crippen LogP contribution in [0.5, 0.6) is 5.75 Å². The van der Waals surface area contributed by atoms with Crippen LogP contribution in [-0.2, 0) is 65.6 Å². The lowest BCUT2D eigenvalue weighted by molar-refractivity contribution is -0.141. The number of guanidine groups is 1. The number of hydrogen-bond acceptors (Lipinski definition) is 16. The van der Waals surface area contributed by atoms with Crippen molar-refractivity contribution in [2.75, 3.05) is 37.7 Å². The number of aromatic amines is 1. The number of aliphatic carboxylic acids is 1. The third-order valence-corrected chi connectivity index (χ3v) is 16.1. The zero-order valence-corrected chi connectivity index (χ0v) is 48.1. The van der Waals surface area contributed by atoms with E-state index in [-0.39, 0.29) is 55.4 Å². The van der Waals surface area contributed by atoms with Crippen LogP contribution in [0.1, 0.15) is 70.9 Å². The number of nitrogens with one attached hydrogen (secondary N) is 12. The summed E-state index contributed by atoms with van der Waals surface area (Å²) < 4.78 is 0. The van der Waals surface area contributed by atoms with Crippen molar-refractivity contribution in [3.05, 3.63) is 65.9 Å². The number of fused-ring (bicyclic) bond motifs is 1. The zero-order valence-electron chi connectivity index (χ0n) is 46.5. The Balaban J connectivity index is 1.51. The zero-order chi connectivity index (χ0) is 60.8. The predicted molar refractivity (Wildman–Crippen MR) is 310 cm³/mol. The van der Waals surface area contributed by atoms with Gasteiger partial charge in [0.05, 0.1) is 19.1 Å². The fraction of sp³-hybridized carbons (Fsp3) is 0.509. The number of aromatic nitrogens is 1. The molecule has 0 spiro atoms. The largest absolute Gasteiger partial charge is 0.508 e. The van der Waals surface area contributed by atoms with Gasteiger partial charge in [-0.25, -0.2) is 0 Å². The van der Waals surface area contributed by atoms with Crippen molar-refractivity contribution in [2.24, 2.45) is 22.4 Å². The molecule has 0 unspecified atom stereocenters. The number of hydrogen-bond donors (Lipinski definition) is 16. The second-order valence-corrected chi connectivity index (χ2v) is 22.7. The third-order valence-electron chi connectivity index (χ3n) is 13.7. The molecule has 2 aromatic carbocycles. The Bertz CT molecular complexity index is 2830. The monoisotopic (exact) mass is 1190 g/mol. The molecule has 0 aliphatic carbocycles. The molecular formula is C53H75N15O13S2. The number of carbonyl (C=O) groups is 11. The number of para-hydroxylation sites is 1. The molecule has 28 nitrogen and oxygen atoms in total. The van der Waals surface area contributed by atoms with Gasteiger partial charge in [-0.15, -0.1) is 0 Å². The van der Waals surface area contributed by atoms with Gasteiger partial charge in [0, 0.05) is 48.0 Å². The van der Waals surface area contributed by atoms with Gasteiger partial charge in [-0.1, -0.05) is 72.2 Å². The molecule has 30 heteroatoms. The number of carboxylic acid groups (broad SMARTS) is 1. The molecule has 18 N–H and O–H groups in total. The number of amides is 10. The van der Waals surface area contributed by atoms with Gasteiger partial charge in [0.1, 0.15) is 54.1 Å². The first-order valence-electron chi connectivity index (χ1n) is 27.1. The molecule has 2 aliphatic rings. The van der Waals surface area contributed by atoms with E-state index < -0.39 is 138 Å². The van der Waals surface area contributed by atoms with Crippen molar-refractivity contribution in [2.45, 2.75) is 127 Å². The molecule has 0 radical (unpaired) electrons. The minimum Gasteiger partial charge on any atom is -0.508 e. The molecule has 0 saturated carbocycles. The summed E-state index contributed by atoms with van der Waals surface area (Å²) in [7, 11) is 1.95. The topological polar surface area (TPSA) is 441 Å². The number of rotatable bonds is 15. The number of phenols is 1. The summed E-state index contributed by atoms with van der Waals surface area (Å²) in [4.78, 5) is 158. The number of benzene rings is 2. The number of aliphatic imine (C=N–C) groups is 1. The first-order valence-corrected chi connectivity index (χ1v) is 29.6.